The van der Waals surface area contributed by atoms with Gasteiger partial charge >= 0.3 is 5.69 Å². The summed E-state index contributed by atoms with van der Waals surface area (Å²) in [6, 6.07) is 8.93. The third-order valence-corrected chi connectivity index (χ3v) is 2.78. The summed E-state index contributed by atoms with van der Waals surface area (Å²) in [6.45, 7) is 0.302. The highest BCUT2D eigenvalue weighted by Gasteiger charge is 2.07. The van der Waals surface area contributed by atoms with Gasteiger partial charge in [0.1, 0.15) is 0 Å². The molecule has 96 valence electrons. The summed E-state index contributed by atoms with van der Waals surface area (Å²) in [5, 5.41) is 4.24. The van der Waals surface area contributed by atoms with Crippen LogP contribution in [0.3, 0.4) is 0 Å². The van der Waals surface area contributed by atoms with Gasteiger partial charge in [0.05, 0.1) is 17.9 Å². The van der Waals surface area contributed by atoms with Crippen LogP contribution in [0.15, 0.2) is 47.5 Å². The molecule has 19 heavy (non-hydrogen) atoms. The Morgan fingerprint density at radius 1 is 1.32 bits per heavy atom. The molecule has 0 spiro atoms. The van der Waals surface area contributed by atoms with Crippen molar-refractivity contribution in [3.8, 4) is 0 Å². The van der Waals surface area contributed by atoms with Crippen LogP contribution in [-0.4, -0.2) is 19.2 Å². The molecule has 0 aliphatic carbocycles. The SMILES string of the molecule is NNc1ccnc(Cn2nc3ccccn3c2=O)c1. The lowest BCUT2D eigenvalue weighted by Crippen LogP contribution is -2.22. The Morgan fingerprint density at radius 3 is 3.00 bits per heavy atom. The van der Waals surface area contributed by atoms with Gasteiger partial charge < -0.3 is 5.43 Å². The van der Waals surface area contributed by atoms with E-state index < -0.39 is 0 Å². The molecule has 0 aliphatic rings. The molecule has 0 aliphatic heterocycles. The molecule has 0 atom stereocenters. The number of anilines is 1. The zero-order valence-corrected chi connectivity index (χ0v) is 10.0. The van der Waals surface area contributed by atoms with E-state index in [1.54, 1.807) is 36.7 Å². The minimum Gasteiger partial charge on any atom is -0.324 e. The van der Waals surface area contributed by atoms with Gasteiger partial charge in [-0.3, -0.25) is 15.2 Å². The molecule has 3 N–H and O–H groups in total. The van der Waals surface area contributed by atoms with Gasteiger partial charge in [0.2, 0.25) is 0 Å². The van der Waals surface area contributed by atoms with Crippen LogP contribution < -0.4 is 17.0 Å². The van der Waals surface area contributed by atoms with E-state index in [1.165, 1.54) is 9.08 Å². The zero-order chi connectivity index (χ0) is 13.2. The van der Waals surface area contributed by atoms with Crippen LogP contribution in [0.5, 0.6) is 0 Å². The van der Waals surface area contributed by atoms with Crippen molar-refractivity contribution >= 4 is 11.3 Å². The molecular weight excluding hydrogens is 244 g/mol. The average molecular weight is 256 g/mol. The maximum Gasteiger partial charge on any atom is 0.350 e. The van der Waals surface area contributed by atoms with Crippen LogP contribution >= 0.6 is 0 Å². The van der Waals surface area contributed by atoms with Gasteiger partial charge in [0.25, 0.3) is 0 Å². The predicted molar refractivity (Wildman–Crippen MR) is 70.6 cm³/mol. The summed E-state index contributed by atoms with van der Waals surface area (Å²) in [7, 11) is 0. The Balaban J connectivity index is 2.01. The van der Waals surface area contributed by atoms with E-state index in [-0.39, 0.29) is 5.69 Å². The highest BCUT2D eigenvalue weighted by molar-refractivity contribution is 5.41. The Labute approximate surface area is 108 Å². The summed E-state index contributed by atoms with van der Waals surface area (Å²) in [6.07, 6.45) is 3.32. The second kappa shape index (κ2) is 4.54. The third kappa shape index (κ3) is 2.06. The van der Waals surface area contributed by atoms with Gasteiger partial charge in [0.15, 0.2) is 5.65 Å². The number of nitrogens with two attached hydrogens (primary N) is 1. The Kier molecular flexibility index (Phi) is 2.73. The number of nitrogens with zero attached hydrogens (tertiary/aromatic N) is 4. The maximum atomic E-state index is 12.1. The summed E-state index contributed by atoms with van der Waals surface area (Å²) in [5.74, 6) is 5.34. The first-order valence-electron chi connectivity index (χ1n) is 5.74. The number of hydrazine groups is 1. The van der Waals surface area contributed by atoms with E-state index in [0.29, 0.717) is 17.9 Å². The molecule has 7 heteroatoms. The molecule has 3 rings (SSSR count). The quantitative estimate of drug-likeness (QED) is 0.517. The molecule has 7 nitrogen and oxygen atoms in total. The van der Waals surface area contributed by atoms with Gasteiger partial charge in [-0.25, -0.2) is 9.48 Å². The molecule has 0 aromatic carbocycles. The van der Waals surface area contributed by atoms with Crippen LogP contribution in [-0.2, 0) is 6.54 Å². The van der Waals surface area contributed by atoms with Crippen molar-refractivity contribution in [1.82, 2.24) is 19.2 Å². The fourth-order valence-electron chi connectivity index (χ4n) is 1.88. The van der Waals surface area contributed by atoms with E-state index in [4.69, 9.17) is 5.84 Å². The lowest BCUT2D eigenvalue weighted by Gasteiger charge is -2.02. The first kappa shape index (κ1) is 11.4. The number of pyridine rings is 2. The summed E-state index contributed by atoms with van der Waals surface area (Å²) < 4.78 is 2.86. The number of fused-ring (bicyclic) bond motifs is 1. The normalized spacial score (nSPS) is 10.8. The molecule has 3 heterocycles. The maximum absolute atomic E-state index is 12.1. The molecular formula is C12H12N6O. The number of hydrogen-bond acceptors (Lipinski definition) is 5. The smallest absolute Gasteiger partial charge is 0.324 e. The fraction of sp³-hybridized carbons (Fsp3) is 0.0833. The van der Waals surface area contributed by atoms with Crippen molar-refractivity contribution in [3.05, 3.63) is 58.9 Å². The lowest BCUT2D eigenvalue weighted by atomic mass is 10.3. The number of aromatic nitrogens is 4. The molecule has 0 unspecified atom stereocenters. The molecule has 0 saturated heterocycles. The standard InChI is InChI=1S/C12H12N6O/c13-15-9-4-5-14-10(7-9)8-18-12(19)17-6-2-1-3-11(17)16-18/h1-7H,8,13H2,(H,14,15). The highest BCUT2D eigenvalue weighted by atomic mass is 16.2. The van der Waals surface area contributed by atoms with Crippen LogP contribution in [0.25, 0.3) is 5.65 Å². The number of rotatable bonds is 3. The van der Waals surface area contributed by atoms with Gasteiger partial charge in [0, 0.05) is 12.4 Å². The molecule has 0 radical (unpaired) electrons. The van der Waals surface area contributed by atoms with Crippen molar-refractivity contribution in [2.45, 2.75) is 6.54 Å². The molecule has 3 aromatic heterocycles. The largest absolute Gasteiger partial charge is 0.350 e. The van der Waals surface area contributed by atoms with E-state index in [9.17, 15) is 4.79 Å². The first-order chi connectivity index (χ1) is 9.28. The van der Waals surface area contributed by atoms with Crippen molar-refractivity contribution < 1.29 is 0 Å². The Bertz CT molecular complexity index is 775. The average Bonchev–Trinajstić information content (AvgIpc) is 2.76. The van der Waals surface area contributed by atoms with Crippen LogP contribution in [0, 0.1) is 0 Å². The van der Waals surface area contributed by atoms with Crippen molar-refractivity contribution in [3.63, 3.8) is 0 Å². The van der Waals surface area contributed by atoms with Gasteiger partial charge in [-0.05, 0) is 24.3 Å². The van der Waals surface area contributed by atoms with Crippen LogP contribution in [0.1, 0.15) is 5.69 Å². The monoisotopic (exact) mass is 256 g/mol. The van der Waals surface area contributed by atoms with Crippen LogP contribution in [0.2, 0.25) is 0 Å². The number of nitrogen functional groups attached to an aromatic ring is 1. The van der Waals surface area contributed by atoms with Crippen molar-refractivity contribution in [2.75, 3.05) is 5.43 Å². The van der Waals surface area contributed by atoms with Crippen molar-refractivity contribution in [2.24, 2.45) is 5.84 Å². The summed E-state index contributed by atoms with van der Waals surface area (Å²) >= 11 is 0. The number of nitrogens with one attached hydrogen (secondary N) is 1. The van der Waals surface area contributed by atoms with E-state index in [1.807, 2.05) is 6.07 Å². The second-order valence-corrected chi connectivity index (χ2v) is 4.05. The molecule has 0 amide bonds. The minimum absolute atomic E-state index is 0.191. The lowest BCUT2D eigenvalue weighted by molar-refractivity contribution is 0.646. The topological polar surface area (TPSA) is 90.2 Å². The van der Waals surface area contributed by atoms with E-state index in [2.05, 4.69) is 15.5 Å². The Hall–Kier alpha value is -2.67. The molecule has 0 saturated carbocycles. The van der Waals surface area contributed by atoms with E-state index >= 15 is 0 Å². The third-order valence-electron chi connectivity index (χ3n) is 2.78. The molecule has 0 fully saturated rings. The van der Waals surface area contributed by atoms with Gasteiger partial charge in [-0.2, -0.15) is 0 Å². The van der Waals surface area contributed by atoms with E-state index in [0.717, 1.165) is 5.69 Å². The van der Waals surface area contributed by atoms with Gasteiger partial charge in [-0.15, -0.1) is 5.10 Å². The van der Waals surface area contributed by atoms with Gasteiger partial charge in [-0.1, -0.05) is 6.07 Å². The highest BCUT2D eigenvalue weighted by Crippen LogP contribution is 2.06. The molecule has 0 bridgehead atoms. The summed E-state index contributed by atoms with van der Waals surface area (Å²) in [4.78, 5) is 16.3. The second-order valence-electron chi connectivity index (χ2n) is 4.05. The molecule has 3 aromatic rings. The number of hydrogen-bond donors (Lipinski definition) is 2. The fourth-order valence-corrected chi connectivity index (χ4v) is 1.88. The zero-order valence-electron chi connectivity index (χ0n) is 10.0. The first-order valence-corrected chi connectivity index (χ1v) is 5.74. The Morgan fingerprint density at radius 2 is 2.21 bits per heavy atom. The van der Waals surface area contributed by atoms with Crippen molar-refractivity contribution in [1.29, 1.82) is 0 Å². The predicted octanol–water partition coefficient (Wildman–Crippen LogP) is 0.225. The van der Waals surface area contributed by atoms with Crippen LogP contribution in [0.4, 0.5) is 5.69 Å². The summed E-state index contributed by atoms with van der Waals surface area (Å²) in [5.41, 5.74) is 4.41. The minimum atomic E-state index is -0.191.